The van der Waals surface area contributed by atoms with E-state index >= 15 is 0 Å². The molecule has 1 unspecified atom stereocenters. The Morgan fingerprint density at radius 3 is 2.48 bits per heavy atom. The maximum absolute atomic E-state index is 12.6. The van der Waals surface area contributed by atoms with Gasteiger partial charge < -0.3 is 14.8 Å². The van der Waals surface area contributed by atoms with E-state index in [9.17, 15) is 19.8 Å². The third-order valence-corrected chi connectivity index (χ3v) is 5.37. The number of thiazole rings is 1. The minimum atomic E-state index is -0.979. The predicted molar refractivity (Wildman–Crippen MR) is 104 cm³/mol. The number of carbonyl (C=O) groups is 2. The summed E-state index contributed by atoms with van der Waals surface area (Å²) >= 11 is 1.24. The lowest BCUT2D eigenvalue weighted by molar-refractivity contribution is -0.140. The molecule has 0 aliphatic rings. The van der Waals surface area contributed by atoms with Crippen molar-refractivity contribution in [2.75, 3.05) is 0 Å². The molecule has 0 spiro atoms. The number of benzene rings is 2. The molecule has 0 saturated carbocycles. The number of aliphatic carboxylic acids is 1. The minimum Gasteiger partial charge on any atom is -0.480 e. The average Bonchev–Trinajstić information content (AvgIpc) is 2.99. The summed E-state index contributed by atoms with van der Waals surface area (Å²) in [6, 6.07) is 11.5. The van der Waals surface area contributed by atoms with Crippen LogP contribution >= 0.6 is 11.3 Å². The highest BCUT2D eigenvalue weighted by atomic mass is 32.1. The van der Waals surface area contributed by atoms with Gasteiger partial charge in [0.15, 0.2) is 4.80 Å². The lowest BCUT2D eigenvalue weighted by Gasteiger charge is -2.13. The second-order valence-corrected chi connectivity index (χ2v) is 7.27. The molecular weight excluding hydrogens is 364 g/mol. The third kappa shape index (κ3) is 3.84. The summed E-state index contributed by atoms with van der Waals surface area (Å²) in [6.45, 7) is 3.60. The minimum absolute atomic E-state index is 0.112. The van der Waals surface area contributed by atoms with Gasteiger partial charge in [-0.1, -0.05) is 42.0 Å². The van der Waals surface area contributed by atoms with Gasteiger partial charge >= 0.3 is 5.97 Å². The molecule has 27 heavy (non-hydrogen) atoms. The smallest absolute Gasteiger partial charge is 0.326 e. The van der Waals surface area contributed by atoms with Gasteiger partial charge in [-0.3, -0.25) is 4.79 Å². The fourth-order valence-corrected chi connectivity index (χ4v) is 4.01. The molecule has 1 atom stereocenters. The van der Waals surface area contributed by atoms with E-state index in [4.69, 9.17) is 0 Å². The van der Waals surface area contributed by atoms with E-state index in [0.717, 1.165) is 15.8 Å². The van der Waals surface area contributed by atoms with Crippen molar-refractivity contribution in [2.45, 2.75) is 32.9 Å². The normalized spacial score (nSPS) is 13.1. The number of fused-ring (bicyclic) bond motifs is 1. The predicted octanol–water partition coefficient (Wildman–Crippen LogP) is 3.28. The fourth-order valence-electron chi connectivity index (χ4n) is 2.88. The molecule has 7 heteroatoms. The number of carbonyl (C=O) groups excluding carboxylic acids is 1. The lowest BCUT2D eigenvalue weighted by atomic mass is 10.1. The van der Waals surface area contributed by atoms with Gasteiger partial charge in [0.05, 0.1) is 16.8 Å². The molecule has 1 aromatic heterocycles. The van der Waals surface area contributed by atoms with Gasteiger partial charge in [-0.15, -0.1) is 0 Å². The number of nitrogens with zero attached hydrogens (tertiary/aromatic N) is 2. The van der Waals surface area contributed by atoms with E-state index in [2.05, 4.69) is 4.99 Å². The number of aliphatic hydroxyl groups is 1. The largest absolute Gasteiger partial charge is 0.480 e. The number of aliphatic hydroxyl groups excluding tert-OH is 1. The van der Waals surface area contributed by atoms with E-state index in [1.165, 1.54) is 11.3 Å². The van der Waals surface area contributed by atoms with Crippen molar-refractivity contribution in [3.8, 4) is 0 Å². The topological polar surface area (TPSA) is 91.9 Å². The number of hydrogen-bond acceptors (Lipinski definition) is 4. The highest BCUT2D eigenvalue weighted by molar-refractivity contribution is 7.16. The zero-order chi connectivity index (χ0) is 19.6. The van der Waals surface area contributed by atoms with Crippen molar-refractivity contribution in [3.63, 3.8) is 0 Å². The van der Waals surface area contributed by atoms with Crippen molar-refractivity contribution < 1.29 is 19.8 Å². The summed E-state index contributed by atoms with van der Waals surface area (Å²) < 4.78 is 2.37. The fraction of sp³-hybridized carbons (Fsp3) is 0.250. The summed E-state index contributed by atoms with van der Waals surface area (Å²) in [5.74, 6) is -1.40. The van der Waals surface area contributed by atoms with E-state index in [1.54, 1.807) is 41.8 Å². The zero-order valence-electron chi connectivity index (χ0n) is 15.0. The molecule has 2 N–H and O–H groups in total. The van der Waals surface area contributed by atoms with Gasteiger partial charge in [0.2, 0.25) is 0 Å². The summed E-state index contributed by atoms with van der Waals surface area (Å²) in [7, 11) is 0. The number of amides is 1. The molecule has 0 aliphatic carbocycles. The Hall–Kier alpha value is -2.77. The number of carboxylic acids is 1. The zero-order valence-corrected chi connectivity index (χ0v) is 15.9. The summed E-state index contributed by atoms with van der Waals surface area (Å²) in [5, 5.41) is 19.0. The van der Waals surface area contributed by atoms with Crippen LogP contribution in [0.5, 0.6) is 0 Å². The second-order valence-electron chi connectivity index (χ2n) is 6.26. The van der Waals surface area contributed by atoms with Crippen LogP contribution in [0.15, 0.2) is 47.5 Å². The number of aromatic nitrogens is 1. The van der Waals surface area contributed by atoms with Crippen LogP contribution < -0.4 is 4.80 Å². The third-order valence-electron chi connectivity index (χ3n) is 4.35. The van der Waals surface area contributed by atoms with Crippen molar-refractivity contribution >= 4 is 33.4 Å². The Labute approximate surface area is 160 Å². The van der Waals surface area contributed by atoms with Crippen LogP contribution in [0.25, 0.3) is 10.2 Å². The van der Waals surface area contributed by atoms with Gasteiger partial charge in [-0.2, -0.15) is 4.99 Å². The van der Waals surface area contributed by atoms with Gasteiger partial charge in [0.25, 0.3) is 5.91 Å². The van der Waals surface area contributed by atoms with Crippen LogP contribution in [0.4, 0.5) is 0 Å². The molecule has 140 valence electrons. The summed E-state index contributed by atoms with van der Waals surface area (Å²) in [4.78, 5) is 28.9. The quantitative estimate of drug-likeness (QED) is 0.706. The molecule has 3 rings (SSSR count). The first-order valence-electron chi connectivity index (χ1n) is 8.58. The van der Waals surface area contributed by atoms with Crippen LogP contribution in [0.1, 0.15) is 40.9 Å². The molecule has 2 aromatic carbocycles. The van der Waals surface area contributed by atoms with Crippen LogP contribution in [0.2, 0.25) is 0 Å². The van der Waals surface area contributed by atoms with E-state index in [0.29, 0.717) is 22.3 Å². The first-order chi connectivity index (χ1) is 12.9. The summed E-state index contributed by atoms with van der Waals surface area (Å²) in [6.07, 6.45) is 0.356. The van der Waals surface area contributed by atoms with Crippen LogP contribution in [-0.2, 0) is 11.4 Å². The SMILES string of the molecule is CCC(C(=O)O)n1/c(=N/C(=O)c2ccc(C)cc2)sc2cc(CO)ccc21. The molecular formula is C20H20N2O4S. The van der Waals surface area contributed by atoms with Crippen LogP contribution in [-0.4, -0.2) is 26.7 Å². The van der Waals surface area contributed by atoms with Crippen LogP contribution in [0.3, 0.4) is 0 Å². The Bertz CT molecular complexity index is 1060. The number of aryl methyl sites for hydroxylation is 1. The molecule has 0 fully saturated rings. The molecule has 0 saturated heterocycles. The average molecular weight is 384 g/mol. The second kappa shape index (κ2) is 7.85. The summed E-state index contributed by atoms with van der Waals surface area (Å²) in [5.41, 5.74) is 2.89. The molecule has 1 heterocycles. The lowest BCUT2D eigenvalue weighted by Crippen LogP contribution is -2.27. The Balaban J connectivity index is 2.22. The molecule has 0 aliphatic heterocycles. The van der Waals surface area contributed by atoms with Crippen molar-refractivity contribution in [1.82, 2.24) is 4.57 Å². The Morgan fingerprint density at radius 1 is 1.19 bits per heavy atom. The van der Waals surface area contributed by atoms with E-state index < -0.39 is 17.9 Å². The van der Waals surface area contributed by atoms with E-state index in [1.807, 2.05) is 19.1 Å². The standard InChI is InChI=1S/C20H20N2O4S/c1-3-15(19(25)26)22-16-9-6-13(11-23)10-17(16)27-20(22)21-18(24)14-7-4-12(2)5-8-14/h4-10,15,23H,3,11H2,1-2H3,(H,25,26)/b21-20-. The number of rotatable bonds is 5. The maximum Gasteiger partial charge on any atom is 0.326 e. The number of hydrogen-bond donors (Lipinski definition) is 2. The first kappa shape index (κ1) is 19.0. The molecule has 1 amide bonds. The van der Waals surface area contributed by atoms with Crippen LogP contribution in [0, 0.1) is 6.92 Å². The molecule has 6 nitrogen and oxygen atoms in total. The maximum atomic E-state index is 12.6. The molecule has 0 radical (unpaired) electrons. The highest BCUT2D eigenvalue weighted by Crippen LogP contribution is 2.24. The molecule has 3 aromatic rings. The molecule has 0 bridgehead atoms. The van der Waals surface area contributed by atoms with Gasteiger partial charge in [-0.25, -0.2) is 4.79 Å². The number of carboxylic acid groups (broad SMARTS) is 1. The monoisotopic (exact) mass is 384 g/mol. The van der Waals surface area contributed by atoms with Crippen molar-refractivity contribution in [3.05, 3.63) is 64.0 Å². The van der Waals surface area contributed by atoms with Crippen molar-refractivity contribution in [1.29, 1.82) is 0 Å². The Kier molecular flexibility index (Phi) is 5.53. The Morgan fingerprint density at radius 2 is 1.89 bits per heavy atom. The van der Waals surface area contributed by atoms with Gasteiger partial charge in [0, 0.05) is 5.56 Å². The first-order valence-corrected chi connectivity index (χ1v) is 9.39. The van der Waals surface area contributed by atoms with Gasteiger partial charge in [0.1, 0.15) is 6.04 Å². The van der Waals surface area contributed by atoms with E-state index in [-0.39, 0.29) is 6.61 Å². The van der Waals surface area contributed by atoms with Crippen molar-refractivity contribution in [2.24, 2.45) is 4.99 Å². The highest BCUT2D eigenvalue weighted by Gasteiger charge is 2.22. The van der Waals surface area contributed by atoms with Gasteiger partial charge in [-0.05, 0) is 43.2 Å².